The van der Waals surface area contributed by atoms with Crippen molar-refractivity contribution < 1.29 is 18.7 Å². The summed E-state index contributed by atoms with van der Waals surface area (Å²) in [5.74, 6) is 0.0423. The van der Waals surface area contributed by atoms with Gasteiger partial charge < -0.3 is 25.1 Å². The van der Waals surface area contributed by atoms with Gasteiger partial charge in [-0.05, 0) is 50.6 Å². The number of fused-ring (bicyclic) bond motifs is 1. The molecule has 1 aliphatic rings. The minimum absolute atomic E-state index is 0.0289. The fourth-order valence-corrected chi connectivity index (χ4v) is 3.64. The van der Waals surface area contributed by atoms with E-state index >= 15 is 0 Å². The molecule has 35 heavy (non-hydrogen) atoms. The minimum atomic E-state index is -0.585. The van der Waals surface area contributed by atoms with Crippen molar-refractivity contribution in [3.63, 3.8) is 0 Å². The highest BCUT2D eigenvalue weighted by atomic mass is 19.1. The topological polar surface area (TPSA) is 101 Å². The molecule has 184 valence electrons. The Morgan fingerprint density at radius 1 is 1.23 bits per heavy atom. The molecule has 0 saturated heterocycles. The largest absolute Gasteiger partial charge is 0.489 e. The molecule has 0 amide bonds. The Morgan fingerprint density at radius 2 is 2.06 bits per heavy atom. The molecule has 9 nitrogen and oxygen atoms in total. The minimum Gasteiger partial charge on any atom is -0.489 e. The quantitative estimate of drug-likeness (QED) is 0.358. The van der Waals surface area contributed by atoms with Crippen molar-refractivity contribution in [1.82, 2.24) is 15.4 Å². The van der Waals surface area contributed by atoms with Gasteiger partial charge in [-0.25, -0.2) is 14.8 Å². The fraction of sp³-hybridized carbons (Fsp3) is 0.320. The van der Waals surface area contributed by atoms with Gasteiger partial charge in [-0.3, -0.25) is 4.79 Å². The number of carbonyl (C=O) groups excluding carboxylic acids is 1. The summed E-state index contributed by atoms with van der Waals surface area (Å²) in [5.41, 5.74) is 6.65. The molecule has 2 aromatic carbocycles. The van der Waals surface area contributed by atoms with E-state index in [1.807, 2.05) is 55.3 Å². The zero-order valence-electron chi connectivity index (χ0n) is 20.0. The summed E-state index contributed by atoms with van der Waals surface area (Å²) in [7, 11) is 0. The van der Waals surface area contributed by atoms with Crippen LogP contribution in [-0.4, -0.2) is 35.2 Å². The van der Waals surface area contributed by atoms with E-state index in [1.165, 1.54) is 0 Å². The second kappa shape index (κ2) is 11.0. The van der Waals surface area contributed by atoms with Crippen LogP contribution < -0.4 is 25.8 Å². The van der Waals surface area contributed by atoms with Crippen LogP contribution in [0.5, 0.6) is 5.75 Å². The average Bonchev–Trinajstić information content (AvgIpc) is 3.23. The lowest BCUT2D eigenvalue weighted by Crippen LogP contribution is -2.34. The van der Waals surface area contributed by atoms with Crippen molar-refractivity contribution in [2.45, 2.75) is 39.8 Å². The first-order chi connectivity index (χ1) is 16.9. The van der Waals surface area contributed by atoms with Gasteiger partial charge in [0.25, 0.3) is 0 Å². The summed E-state index contributed by atoms with van der Waals surface area (Å²) < 4.78 is 25.3. The van der Waals surface area contributed by atoms with Crippen LogP contribution >= 0.6 is 0 Å². The Bertz CT molecular complexity index is 1190. The van der Waals surface area contributed by atoms with Crippen LogP contribution in [0.15, 0.2) is 48.7 Å². The molecule has 2 heterocycles. The first kappa shape index (κ1) is 24.2. The molecule has 1 aromatic heterocycles. The molecule has 0 unspecified atom stereocenters. The lowest BCUT2D eigenvalue weighted by Gasteiger charge is -2.19. The van der Waals surface area contributed by atoms with Gasteiger partial charge in [0.15, 0.2) is 11.6 Å². The normalized spacial score (nSPS) is 12.4. The number of nitrogens with zero attached hydrogens (tertiary/aromatic N) is 3. The molecule has 0 saturated carbocycles. The number of para-hydroxylation sites is 2. The average molecular weight is 481 g/mol. The van der Waals surface area contributed by atoms with Gasteiger partial charge in [0.1, 0.15) is 5.75 Å². The molecule has 0 spiro atoms. The number of hydrazine groups is 1. The van der Waals surface area contributed by atoms with Crippen LogP contribution in [0.25, 0.3) is 0 Å². The lowest BCUT2D eigenvalue weighted by molar-refractivity contribution is -0.142. The van der Waals surface area contributed by atoms with Crippen LogP contribution in [0.4, 0.5) is 33.2 Å². The van der Waals surface area contributed by atoms with Gasteiger partial charge in [-0.2, -0.15) is 4.98 Å². The summed E-state index contributed by atoms with van der Waals surface area (Å²) in [6.07, 6.45) is 1.36. The lowest BCUT2D eigenvalue weighted by atomic mass is 10.1. The Kier molecular flexibility index (Phi) is 7.61. The fourth-order valence-electron chi connectivity index (χ4n) is 3.64. The van der Waals surface area contributed by atoms with E-state index in [1.54, 1.807) is 13.0 Å². The highest BCUT2D eigenvalue weighted by Crippen LogP contribution is 2.31. The molecule has 0 aliphatic carbocycles. The van der Waals surface area contributed by atoms with Crippen LogP contribution in [0.3, 0.4) is 0 Å². The number of ether oxygens (including phenoxy) is 2. The van der Waals surface area contributed by atoms with Gasteiger partial charge in [0.2, 0.25) is 5.95 Å². The summed E-state index contributed by atoms with van der Waals surface area (Å²) in [4.78, 5) is 20.1. The van der Waals surface area contributed by atoms with Crippen molar-refractivity contribution >= 4 is 34.8 Å². The number of nitrogens with one attached hydrogen (secondary N) is 3. The first-order valence-electron chi connectivity index (χ1n) is 11.5. The third-order valence-corrected chi connectivity index (χ3v) is 5.18. The summed E-state index contributed by atoms with van der Waals surface area (Å²) in [5, 5.41) is 8.06. The zero-order valence-corrected chi connectivity index (χ0v) is 20.0. The maximum atomic E-state index is 14.5. The highest BCUT2D eigenvalue weighted by molar-refractivity contribution is 5.72. The van der Waals surface area contributed by atoms with Crippen LogP contribution in [0, 0.1) is 5.82 Å². The molecule has 0 fully saturated rings. The van der Waals surface area contributed by atoms with E-state index < -0.39 is 5.82 Å². The Morgan fingerprint density at radius 3 is 2.86 bits per heavy atom. The standard InChI is InChI=1S/C25H29FN6O3/c1-4-34-23(33)11-12-32-21-13-18(10-9-17(21)14-28-32)29-25-27-15-19(26)24(31-25)30-20-7-5-6-8-22(20)35-16(2)3/h5-10,13,15-16,28H,4,11-12,14H2,1-3H3,(H2,27,29,30,31). The Balaban J connectivity index is 1.49. The number of aromatic nitrogens is 2. The highest BCUT2D eigenvalue weighted by Gasteiger charge is 2.20. The maximum absolute atomic E-state index is 14.5. The van der Waals surface area contributed by atoms with E-state index in [4.69, 9.17) is 9.47 Å². The van der Waals surface area contributed by atoms with E-state index in [2.05, 4.69) is 26.0 Å². The van der Waals surface area contributed by atoms with Gasteiger partial charge >= 0.3 is 5.97 Å². The molecule has 10 heteroatoms. The van der Waals surface area contributed by atoms with Gasteiger partial charge in [-0.15, -0.1) is 0 Å². The zero-order chi connectivity index (χ0) is 24.8. The van der Waals surface area contributed by atoms with Gasteiger partial charge in [0, 0.05) is 18.8 Å². The van der Waals surface area contributed by atoms with Crippen LogP contribution in [-0.2, 0) is 16.1 Å². The van der Waals surface area contributed by atoms with Crippen molar-refractivity contribution in [3.8, 4) is 5.75 Å². The third kappa shape index (κ3) is 6.15. The van der Waals surface area contributed by atoms with Crippen molar-refractivity contribution in [2.75, 3.05) is 28.8 Å². The SMILES string of the molecule is CCOC(=O)CCN1NCc2ccc(Nc3ncc(F)c(Nc4ccccc4OC(C)C)n3)cc21. The molecular weight excluding hydrogens is 451 g/mol. The molecular formula is C25H29FN6O3. The number of halogens is 1. The molecule has 0 radical (unpaired) electrons. The van der Waals surface area contributed by atoms with Crippen LogP contribution in [0.2, 0.25) is 0 Å². The molecule has 1 aliphatic heterocycles. The predicted molar refractivity (Wildman–Crippen MR) is 133 cm³/mol. The smallest absolute Gasteiger partial charge is 0.307 e. The number of carbonyl (C=O) groups is 1. The number of benzene rings is 2. The number of rotatable bonds is 10. The molecule has 0 atom stereocenters. The molecule has 3 N–H and O–H groups in total. The first-order valence-corrected chi connectivity index (χ1v) is 11.5. The van der Waals surface area contributed by atoms with Crippen LogP contribution in [0.1, 0.15) is 32.8 Å². The predicted octanol–water partition coefficient (Wildman–Crippen LogP) is 4.67. The monoisotopic (exact) mass is 480 g/mol. The summed E-state index contributed by atoms with van der Waals surface area (Å²) >= 11 is 0. The number of hydrogen-bond acceptors (Lipinski definition) is 9. The summed E-state index contributed by atoms with van der Waals surface area (Å²) in [6.45, 7) is 7.14. The third-order valence-electron chi connectivity index (χ3n) is 5.18. The van der Waals surface area contributed by atoms with Crippen molar-refractivity contribution in [1.29, 1.82) is 0 Å². The van der Waals surface area contributed by atoms with Crippen molar-refractivity contribution in [2.24, 2.45) is 0 Å². The Hall–Kier alpha value is -3.92. The van der Waals surface area contributed by atoms with Gasteiger partial charge in [0.05, 0.1) is 36.7 Å². The van der Waals surface area contributed by atoms with E-state index in [0.717, 1.165) is 23.1 Å². The number of esters is 1. The second-order valence-corrected chi connectivity index (χ2v) is 8.19. The summed E-state index contributed by atoms with van der Waals surface area (Å²) in [6, 6.07) is 13.1. The molecule has 0 bridgehead atoms. The second-order valence-electron chi connectivity index (χ2n) is 8.19. The maximum Gasteiger partial charge on any atom is 0.307 e. The number of anilines is 5. The van der Waals surface area contributed by atoms with Gasteiger partial charge in [-0.1, -0.05) is 18.2 Å². The van der Waals surface area contributed by atoms with E-state index in [-0.39, 0.29) is 30.3 Å². The van der Waals surface area contributed by atoms with Crippen molar-refractivity contribution in [3.05, 3.63) is 60.0 Å². The molecule has 3 aromatic rings. The van der Waals surface area contributed by atoms with E-state index in [0.29, 0.717) is 31.1 Å². The Labute approximate surface area is 203 Å². The molecule has 4 rings (SSSR count). The van der Waals surface area contributed by atoms with E-state index in [9.17, 15) is 9.18 Å². The number of hydrogen-bond donors (Lipinski definition) is 3.